The number of benzene rings is 1. The molecule has 0 saturated heterocycles. The van der Waals surface area contributed by atoms with Crippen molar-refractivity contribution in [2.45, 2.75) is 130 Å². The highest BCUT2D eigenvalue weighted by Gasteiger charge is 2.44. The van der Waals surface area contributed by atoms with Crippen LogP contribution in [0.25, 0.3) is 0 Å². The molecule has 2 aliphatic rings. The van der Waals surface area contributed by atoms with Crippen LogP contribution in [-0.2, 0) is 4.74 Å². The number of hydrogen-bond donors (Lipinski definition) is 0. The topological polar surface area (TPSA) is 18.5 Å². The SMILES string of the molecule is CC(C)OC(CC(C)(C1CCCCC1)C1CCCCC1)Oc1ccc(C(C)C(C)C)cc1. The molecule has 3 rings (SSSR count). The lowest BCUT2D eigenvalue weighted by Gasteiger charge is -2.48. The van der Waals surface area contributed by atoms with Gasteiger partial charge >= 0.3 is 0 Å². The largest absolute Gasteiger partial charge is 0.465 e. The summed E-state index contributed by atoms with van der Waals surface area (Å²) in [6.07, 6.45) is 15.0. The Kier molecular flexibility index (Phi) is 9.53. The molecule has 2 fully saturated rings. The summed E-state index contributed by atoms with van der Waals surface area (Å²) < 4.78 is 13.0. The molecule has 2 saturated carbocycles. The van der Waals surface area contributed by atoms with Crippen molar-refractivity contribution in [3.05, 3.63) is 29.8 Å². The van der Waals surface area contributed by atoms with E-state index in [0.29, 0.717) is 17.3 Å². The van der Waals surface area contributed by atoms with E-state index in [1.54, 1.807) is 0 Å². The second-order valence-corrected chi connectivity index (χ2v) is 11.7. The van der Waals surface area contributed by atoms with Crippen LogP contribution in [0.1, 0.15) is 124 Å². The number of ether oxygens (including phenoxy) is 2. The molecule has 0 aromatic heterocycles. The molecule has 32 heavy (non-hydrogen) atoms. The molecule has 0 heterocycles. The van der Waals surface area contributed by atoms with Gasteiger partial charge in [0.05, 0.1) is 6.10 Å². The maximum absolute atomic E-state index is 6.58. The summed E-state index contributed by atoms with van der Waals surface area (Å²) in [5, 5.41) is 0. The van der Waals surface area contributed by atoms with Crippen molar-refractivity contribution in [1.82, 2.24) is 0 Å². The van der Waals surface area contributed by atoms with Crippen LogP contribution >= 0.6 is 0 Å². The Balaban J connectivity index is 1.78. The van der Waals surface area contributed by atoms with Crippen LogP contribution in [0.5, 0.6) is 5.75 Å². The molecule has 2 unspecified atom stereocenters. The monoisotopic (exact) mass is 442 g/mol. The standard InChI is InChI=1S/C30H50O2/c1-22(2)24(5)25-17-19-28(20-18-25)32-29(31-23(3)4)21-30(6,26-13-9-7-10-14-26)27-15-11-8-12-16-27/h17-20,22-24,26-27,29H,7-16,21H2,1-6H3. The van der Waals surface area contributed by atoms with Crippen LogP contribution in [-0.4, -0.2) is 12.4 Å². The van der Waals surface area contributed by atoms with E-state index >= 15 is 0 Å². The predicted molar refractivity (Wildman–Crippen MR) is 136 cm³/mol. The molecule has 2 heteroatoms. The van der Waals surface area contributed by atoms with Gasteiger partial charge in [0.15, 0.2) is 0 Å². The molecular formula is C30H50O2. The Hall–Kier alpha value is -1.02. The van der Waals surface area contributed by atoms with Crippen LogP contribution in [0.15, 0.2) is 24.3 Å². The smallest absolute Gasteiger partial charge is 0.200 e. The van der Waals surface area contributed by atoms with E-state index in [0.717, 1.165) is 24.0 Å². The van der Waals surface area contributed by atoms with E-state index < -0.39 is 0 Å². The lowest BCUT2D eigenvalue weighted by atomic mass is 9.58. The molecule has 0 bridgehead atoms. The van der Waals surface area contributed by atoms with Crippen LogP contribution in [0, 0.1) is 23.2 Å². The highest BCUT2D eigenvalue weighted by Crippen LogP contribution is 2.51. The Labute approximate surface area is 198 Å². The van der Waals surface area contributed by atoms with E-state index in [2.05, 4.69) is 65.8 Å². The van der Waals surface area contributed by atoms with Crippen molar-refractivity contribution in [3.8, 4) is 5.75 Å². The molecule has 1 aromatic carbocycles. The van der Waals surface area contributed by atoms with Gasteiger partial charge in [-0.15, -0.1) is 0 Å². The zero-order valence-electron chi connectivity index (χ0n) is 21.9. The molecule has 0 radical (unpaired) electrons. The summed E-state index contributed by atoms with van der Waals surface area (Å²) in [7, 11) is 0. The van der Waals surface area contributed by atoms with Crippen molar-refractivity contribution >= 4 is 0 Å². The average molecular weight is 443 g/mol. The summed E-state index contributed by atoms with van der Waals surface area (Å²) in [5.41, 5.74) is 1.70. The van der Waals surface area contributed by atoms with Gasteiger partial charge in [-0.25, -0.2) is 0 Å². The summed E-state index contributed by atoms with van der Waals surface area (Å²) in [6.45, 7) is 13.8. The van der Waals surface area contributed by atoms with Crippen LogP contribution in [0.4, 0.5) is 0 Å². The van der Waals surface area contributed by atoms with Crippen LogP contribution in [0.2, 0.25) is 0 Å². The molecule has 0 N–H and O–H groups in total. The van der Waals surface area contributed by atoms with Gasteiger partial charge in [-0.3, -0.25) is 0 Å². The van der Waals surface area contributed by atoms with Gasteiger partial charge in [0, 0.05) is 6.42 Å². The van der Waals surface area contributed by atoms with E-state index in [9.17, 15) is 0 Å². The predicted octanol–water partition coefficient (Wildman–Crippen LogP) is 9.13. The Morgan fingerprint density at radius 1 is 0.781 bits per heavy atom. The first-order chi connectivity index (χ1) is 15.3. The third kappa shape index (κ3) is 6.75. The highest BCUT2D eigenvalue weighted by molar-refractivity contribution is 5.29. The Morgan fingerprint density at radius 2 is 1.28 bits per heavy atom. The molecule has 2 aliphatic carbocycles. The van der Waals surface area contributed by atoms with Gasteiger partial charge in [0.2, 0.25) is 6.29 Å². The zero-order chi connectivity index (χ0) is 23.1. The summed E-state index contributed by atoms with van der Waals surface area (Å²) in [4.78, 5) is 0. The van der Waals surface area contributed by atoms with Crippen molar-refractivity contribution in [3.63, 3.8) is 0 Å². The van der Waals surface area contributed by atoms with E-state index in [1.165, 1.54) is 69.8 Å². The normalized spacial score (nSPS) is 21.1. The van der Waals surface area contributed by atoms with Crippen LogP contribution in [0.3, 0.4) is 0 Å². The number of hydrogen-bond acceptors (Lipinski definition) is 2. The fraction of sp³-hybridized carbons (Fsp3) is 0.800. The molecule has 0 amide bonds. The summed E-state index contributed by atoms with van der Waals surface area (Å²) in [5.74, 6) is 3.79. The van der Waals surface area contributed by atoms with Gasteiger partial charge in [0.25, 0.3) is 0 Å². The fourth-order valence-electron chi connectivity index (χ4n) is 6.36. The Morgan fingerprint density at radius 3 is 1.72 bits per heavy atom. The quantitative estimate of drug-likeness (QED) is 0.336. The van der Waals surface area contributed by atoms with Crippen molar-refractivity contribution in [2.24, 2.45) is 23.2 Å². The minimum Gasteiger partial charge on any atom is -0.465 e. The lowest BCUT2D eigenvalue weighted by Crippen LogP contribution is -2.42. The fourth-order valence-corrected chi connectivity index (χ4v) is 6.36. The molecule has 182 valence electrons. The van der Waals surface area contributed by atoms with Crippen molar-refractivity contribution < 1.29 is 9.47 Å². The molecular weight excluding hydrogens is 392 g/mol. The molecule has 1 aromatic rings. The molecule has 0 aliphatic heterocycles. The third-order valence-electron chi connectivity index (χ3n) is 8.78. The second kappa shape index (κ2) is 11.9. The minimum absolute atomic E-state index is 0.169. The van der Waals surface area contributed by atoms with Gasteiger partial charge < -0.3 is 9.47 Å². The minimum atomic E-state index is -0.169. The van der Waals surface area contributed by atoms with Crippen molar-refractivity contribution in [2.75, 3.05) is 0 Å². The zero-order valence-corrected chi connectivity index (χ0v) is 21.9. The third-order valence-corrected chi connectivity index (χ3v) is 8.78. The van der Waals surface area contributed by atoms with Gasteiger partial charge in [-0.1, -0.05) is 78.4 Å². The van der Waals surface area contributed by atoms with Crippen molar-refractivity contribution in [1.29, 1.82) is 0 Å². The number of rotatable bonds is 10. The van der Waals surface area contributed by atoms with Crippen LogP contribution < -0.4 is 4.74 Å². The van der Waals surface area contributed by atoms with E-state index in [4.69, 9.17) is 9.47 Å². The average Bonchev–Trinajstić information content (AvgIpc) is 2.79. The maximum Gasteiger partial charge on any atom is 0.200 e. The lowest BCUT2D eigenvalue weighted by molar-refractivity contribution is -0.146. The molecule has 2 atom stereocenters. The van der Waals surface area contributed by atoms with Gasteiger partial charge in [-0.05, 0) is 86.3 Å². The van der Waals surface area contributed by atoms with E-state index in [1.807, 2.05) is 0 Å². The van der Waals surface area contributed by atoms with Gasteiger partial charge in [0.1, 0.15) is 5.75 Å². The Bertz CT molecular complexity index is 632. The second-order valence-electron chi connectivity index (χ2n) is 11.7. The summed E-state index contributed by atoms with van der Waals surface area (Å²) in [6, 6.07) is 8.80. The maximum atomic E-state index is 6.58. The first kappa shape index (κ1) is 25.6. The summed E-state index contributed by atoms with van der Waals surface area (Å²) >= 11 is 0. The first-order valence-electron chi connectivity index (χ1n) is 13.7. The first-order valence-corrected chi connectivity index (χ1v) is 13.7. The highest BCUT2D eigenvalue weighted by atomic mass is 16.7. The van der Waals surface area contributed by atoms with E-state index in [-0.39, 0.29) is 12.4 Å². The molecule has 0 spiro atoms. The molecule has 2 nitrogen and oxygen atoms in total. The van der Waals surface area contributed by atoms with Gasteiger partial charge in [-0.2, -0.15) is 0 Å².